The maximum Gasteiger partial charge on any atom is 0.331 e. The largest absolute Gasteiger partial charge is 0.479 e. The van der Waals surface area contributed by atoms with Gasteiger partial charge in [0.25, 0.3) is 0 Å². The van der Waals surface area contributed by atoms with Crippen molar-refractivity contribution in [2.75, 3.05) is 0 Å². The van der Waals surface area contributed by atoms with Crippen LogP contribution in [0.2, 0.25) is 5.02 Å². The number of aromatic nitrogens is 2. The van der Waals surface area contributed by atoms with Crippen molar-refractivity contribution in [3.8, 4) is 0 Å². The number of rotatable bonds is 3. The van der Waals surface area contributed by atoms with E-state index in [4.69, 9.17) is 11.6 Å². The van der Waals surface area contributed by atoms with Crippen LogP contribution in [0.5, 0.6) is 0 Å². The summed E-state index contributed by atoms with van der Waals surface area (Å²) in [5.74, 6) is -0.519. The predicted molar refractivity (Wildman–Crippen MR) is 70.0 cm³/mol. The molecular formula is C13H19ClN2O2. The van der Waals surface area contributed by atoms with E-state index in [0.717, 1.165) is 18.5 Å². The molecule has 1 saturated carbocycles. The summed E-state index contributed by atoms with van der Waals surface area (Å²) in [5.41, 5.74) is -0.193. The first-order valence-electron chi connectivity index (χ1n) is 6.42. The molecule has 100 valence electrons. The van der Waals surface area contributed by atoms with Crippen LogP contribution in [0.4, 0.5) is 0 Å². The first-order valence-corrected chi connectivity index (χ1v) is 6.79. The average molecular weight is 271 g/mol. The van der Waals surface area contributed by atoms with Crippen LogP contribution in [0.15, 0.2) is 6.20 Å². The van der Waals surface area contributed by atoms with Gasteiger partial charge in [0.15, 0.2) is 5.54 Å². The third kappa shape index (κ3) is 2.39. The summed E-state index contributed by atoms with van der Waals surface area (Å²) in [6.45, 7) is 3.26. The summed E-state index contributed by atoms with van der Waals surface area (Å²) in [6.07, 6.45) is 7.52. The van der Waals surface area contributed by atoms with Gasteiger partial charge in [0.2, 0.25) is 0 Å². The molecule has 0 saturated heterocycles. The number of halogens is 1. The van der Waals surface area contributed by atoms with E-state index in [2.05, 4.69) is 5.10 Å². The van der Waals surface area contributed by atoms with Crippen molar-refractivity contribution in [2.45, 2.75) is 57.4 Å². The summed E-state index contributed by atoms with van der Waals surface area (Å²) in [6, 6.07) is 0. The Labute approximate surface area is 112 Å². The molecule has 0 amide bonds. The van der Waals surface area contributed by atoms with Crippen LogP contribution in [-0.4, -0.2) is 20.9 Å². The van der Waals surface area contributed by atoms with Crippen molar-refractivity contribution in [3.05, 3.63) is 16.9 Å². The molecule has 1 aromatic rings. The lowest BCUT2D eigenvalue weighted by Crippen LogP contribution is -2.36. The highest BCUT2D eigenvalue weighted by atomic mass is 35.5. The van der Waals surface area contributed by atoms with Gasteiger partial charge in [0.1, 0.15) is 0 Å². The zero-order valence-electron chi connectivity index (χ0n) is 10.8. The molecule has 1 fully saturated rings. The van der Waals surface area contributed by atoms with Gasteiger partial charge in [0.05, 0.1) is 10.7 Å². The van der Waals surface area contributed by atoms with Gasteiger partial charge in [-0.25, -0.2) is 4.79 Å². The van der Waals surface area contributed by atoms with E-state index in [-0.39, 0.29) is 0 Å². The number of carboxylic acid groups (broad SMARTS) is 1. The van der Waals surface area contributed by atoms with Crippen molar-refractivity contribution in [2.24, 2.45) is 0 Å². The summed E-state index contributed by atoms with van der Waals surface area (Å²) in [5, 5.41) is 14.2. The molecule has 0 radical (unpaired) electrons. The minimum atomic E-state index is -1.06. The molecule has 18 heavy (non-hydrogen) atoms. The normalized spacial score (nSPS) is 17.9. The smallest absolute Gasteiger partial charge is 0.331 e. The van der Waals surface area contributed by atoms with Crippen LogP contribution in [0, 0.1) is 0 Å². The standard InChI is InChI=1S/C13H19ClN2O2/c1-13(2,12(17)18)16-8-10(14)11(15-16)9-6-4-3-5-7-9/h8-9H,3-7H2,1-2H3,(H,17,18). The molecule has 1 aliphatic carbocycles. The summed E-state index contributed by atoms with van der Waals surface area (Å²) >= 11 is 6.21. The van der Waals surface area contributed by atoms with Gasteiger partial charge in [-0.05, 0) is 26.7 Å². The number of carbonyl (C=O) groups is 1. The van der Waals surface area contributed by atoms with E-state index in [1.165, 1.54) is 23.9 Å². The minimum absolute atomic E-state index is 0.386. The minimum Gasteiger partial charge on any atom is -0.479 e. The molecule has 0 aromatic carbocycles. The summed E-state index contributed by atoms with van der Waals surface area (Å²) in [4.78, 5) is 11.2. The second-order valence-electron chi connectivity index (χ2n) is 5.51. The summed E-state index contributed by atoms with van der Waals surface area (Å²) < 4.78 is 1.47. The molecular weight excluding hydrogens is 252 g/mol. The van der Waals surface area contributed by atoms with Gasteiger partial charge < -0.3 is 5.11 Å². The molecule has 0 aliphatic heterocycles. The number of nitrogens with zero attached hydrogens (tertiary/aromatic N) is 2. The van der Waals surface area contributed by atoms with Crippen molar-refractivity contribution in [1.29, 1.82) is 0 Å². The number of hydrogen-bond acceptors (Lipinski definition) is 2. The monoisotopic (exact) mass is 270 g/mol. The van der Waals surface area contributed by atoms with E-state index in [0.29, 0.717) is 10.9 Å². The van der Waals surface area contributed by atoms with Crippen LogP contribution in [0.3, 0.4) is 0 Å². The number of carboxylic acids is 1. The van der Waals surface area contributed by atoms with Gasteiger partial charge in [0, 0.05) is 12.1 Å². The molecule has 1 N–H and O–H groups in total. The highest BCUT2D eigenvalue weighted by Crippen LogP contribution is 2.36. The zero-order valence-corrected chi connectivity index (χ0v) is 11.6. The fourth-order valence-corrected chi connectivity index (χ4v) is 2.69. The lowest BCUT2D eigenvalue weighted by molar-refractivity contribution is -0.146. The Kier molecular flexibility index (Phi) is 3.66. The van der Waals surface area contributed by atoms with E-state index < -0.39 is 11.5 Å². The zero-order chi connectivity index (χ0) is 13.3. The average Bonchev–Trinajstić information content (AvgIpc) is 2.73. The third-order valence-electron chi connectivity index (χ3n) is 3.78. The topological polar surface area (TPSA) is 55.1 Å². The lowest BCUT2D eigenvalue weighted by atomic mass is 9.87. The molecule has 1 heterocycles. The van der Waals surface area contributed by atoms with Crippen molar-refractivity contribution < 1.29 is 9.90 Å². The SMILES string of the molecule is CC(C)(C(=O)O)n1cc(Cl)c(C2CCCCC2)n1. The first-order chi connectivity index (χ1) is 8.43. The van der Waals surface area contributed by atoms with Crippen molar-refractivity contribution in [3.63, 3.8) is 0 Å². The Morgan fingerprint density at radius 2 is 2.06 bits per heavy atom. The molecule has 0 spiro atoms. The van der Waals surface area contributed by atoms with Crippen LogP contribution < -0.4 is 0 Å². The Balaban J connectivity index is 2.29. The molecule has 4 nitrogen and oxygen atoms in total. The van der Waals surface area contributed by atoms with Crippen LogP contribution >= 0.6 is 11.6 Å². The second kappa shape index (κ2) is 4.92. The third-order valence-corrected chi connectivity index (χ3v) is 4.08. The first kappa shape index (κ1) is 13.4. The van der Waals surface area contributed by atoms with Gasteiger partial charge in [-0.1, -0.05) is 30.9 Å². The van der Waals surface area contributed by atoms with Gasteiger partial charge in [-0.2, -0.15) is 5.10 Å². The van der Waals surface area contributed by atoms with Gasteiger partial charge in [-0.15, -0.1) is 0 Å². The lowest BCUT2D eigenvalue weighted by Gasteiger charge is -2.21. The molecule has 0 bridgehead atoms. The van der Waals surface area contributed by atoms with Gasteiger partial charge >= 0.3 is 5.97 Å². The maximum absolute atomic E-state index is 11.2. The summed E-state index contributed by atoms with van der Waals surface area (Å²) in [7, 11) is 0. The maximum atomic E-state index is 11.2. The van der Waals surface area contributed by atoms with E-state index in [9.17, 15) is 9.90 Å². The Hall–Kier alpha value is -1.03. The number of hydrogen-bond donors (Lipinski definition) is 1. The molecule has 1 aromatic heterocycles. The molecule has 0 unspecified atom stereocenters. The van der Waals surface area contributed by atoms with E-state index in [1.807, 2.05) is 0 Å². The fraction of sp³-hybridized carbons (Fsp3) is 0.692. The Morgan fingerprint density at radius 3 is 2.61 bits per heavy atom. The van der Waals surface area contributed by atoms with Crippen LogP contribution in [0.1, 0.15) is 57.6 Å². The van der Waals surface area contributed by atoms with Crippen LogP contribution in [0.25, 0.3) is 0 Å². The highest BCUT2D eigenvalue weighted by molar-refractivity contribution is 6.31. The van der Waals surface area contributed by atoms with Gasteiger partial charge in [-0.3, -0.25) is 4.68 Å². The highest BCUT2D eigenvalue weighted by Gasteiger charge is 2.32. The Morgan fingerprint density at radius 1 is 1.44 bits per heavy atom. The molecule has 2 rings (SSSR count). The van der Waals surface area contributed by atoms with E-state index >= 15 is 0 Å². The number of aliphatic carboxylic acids is 1. The van der Waals surface area contributed by atoms with Crippen LogP contribution in [-0.2, 0) is 10.3 Å². The molecule has 0 atom stereocenters. The van der Waals surface area contributed by atoms with E-state index in [1.54, 1.807) is 20.0 Å². The fourth-order valence-electron chi connectivity index (χ4n) is 2.40. The van der Waals surface area contributed by atoms with Crippen molar-refractivity contribution in [1.82, 2.24) is 9.78 Å². The Bertz CT molecular complexity index is 448. The molecule has 5 heteroatoms. The predicted octanol–water partition coefficient (Wildman–Crippen LogP) is 3.40. The van der Waals surface area contributed by atoms with Crippen molar-refractivity contribution >= 4 is 17.6 Å². The quantitative estimate of drug-likeness (QED) is 0.916. The molecule has 1 aliphatic rings. The second-order valence-corrected chi connectivity index (χ2v) is 5.91.